The second kappa shape index (κ2) is 5.47. The van der Waals surface area contributed by atoms with E-state index in [4.69, 9.17) is 0 Å². The smallest absolute Gasteiger partial charge is 0.380 e. The number of aromatic nitrogens is 2. The number of halogens is 4. The Balaban J connectivity index is 2.25. The minimum absolute atomic E-state index is 0.0510. The summed E-state index contributed by atoms with van der Waals surface area (Å²) in [6.07, 6.45) is -2.60. The van der Waals surface area contributed by atoms with Gasteiger partial charge in [-0.15, -0.1) is 0 Å². The van der Waals surface area contributed by atoms with Crippen LogP contribution in [-0.2, 0) is 19.8 Å². The summed E-state index contributed by atoms with van der Waals surface area (Å²) < 4.78 is 41.0. The normalized spacial score (nSPS) is 11.7. The van der Waals surface area contributed by atoms with Crippen molar-refractivity contribution in [1.29, 1.82) is 0 Å². The molecule has 0 aliphatic rings. The molecule has 0 bridgehead atoms. The maximum Gasteiger partial charge on any atom is 0.418 e. The molecule has 0 atom stereocenters. The second-order valence-corrected chi connectivity index (χ2v) is 5.37. The van der Waals surface area contributed by atoms with Crippen molar-refractivity contribution in [3.63, 3.8) is 0 Å². The lowest BCUT2D eigenvalue weighted by atomic mass is 10.1. The van der Waals surface area contributed by atoms with Crippen molar-refractivity contribution < 1.29 is 13.2 Å². The molecule has 0 aliphatic heterocycles. The first-order valence-electron chi connectivity index (χ1n) is 5.87. The summed E-state index contributed by atoms with van der Waals surface area (Å²) in [5.41, 5.74) is 1.03. The quantitative estimate of drug-likeness (QED) is 0.904. The standard InChI is InChI=1S/C13H13BrF3N3/c1-8-9(7-20(2)19-8)6-18-12-5-10(14)3-4-11(12)13(15,16)17/h3-5,7,18H,6H2,1-2H3. The summed E-state index contributed by atoms with van der Waals surface area (Å²) in [7, 11) is 1.77. The fourth-order valence-corrected chi connectivity index (χ4v) is 2.28. The third-order valence-electron chi connectivity index (χ3n) is 2.87. The molecule has 0 amide bonds. The number of rotatable bonds is 3. The third-order valence-corrected chi connectivity index (χ3v) is 3.36. The van der Waals surface area contributed by atoms with Crippen molar-refractivity contribution in [3.05, 3.63) is 45.7 Å². The zero-order chi connectivity index (χ0) is 14.9. The second-order valence-electron chi connectivity index (χ2n) is 4.45. The van der Waals surface area contributed by atoms with Crippen molar-refractivity contribution in [2.45, 2.75) is 19.6 Å². The summed E-state index contributed by atoms with van der Waals surface area (Å²) in [4.78, 5) is 0. The highest BCUT2D eigenvalue weighted by atomic mass is 79.9. The van der Waals surface area contributed by atoms with Crippen LogP contribution in [-0.4, -0.2) is 9.78 Å². The Bertz CT molecular complexity index is 620. The number of hydrogen-bond donors (Lipinski definition) is 1. The maximum atomic E-state index is 12.9. The van der Waals surface area contributed by atoms with Gasteiger partial charge in [-0.2, -0.15) is 18.3 Å². The molecule has 1 heterocycles. The molecular formula is C13H13BrF3N3. The van der Waals surface area contributed by atoms with E-state index in [0.717, 1.165) is 17.3 Å². The van der Waals surface area contributed by atoms with Crippen molar-refractivity contribution in [3.8, 4) is 0 Å². The van der Waals surface area contributed by atoms with Crippen LogP contribution in [0.3, 0.4) is 0 Å². The Kier molecular flexibility index (Phi) is 4.08. The van der Waals surface area contributed by atoms with E-state index >= 15 is 0 Å². The summed E-state index contributed by atoms with van der Waals surface area (Å²) in [5, 5.41) is 6.99. The first-order valence-corrected chi connectivity index (χ1v) is 6.66. The first kappa shape index (κ1) is 14.9. The van der Waals surface area contributed by atoms with Crippen LogP contribution in [0, 0.1) is 6.92 Å². The highest BCUT2D eigenvalue weighted by Crippen LogP contribution is 2.36. The number of benzene rings is 1. The maximum absolute atomic E-state index is 12.9. The first-order chi connectivity index (χ1) is 9.27. The molecule has 20 heavy (non-hydrogen) atoms. The van der Waals surface area contributed by atoms with E-state index in [-0.39, 0.29) is 5.69 Å². The molecule has 1 aromatic carbocycles. The van der Waals surface area contributed by atoms with Gasteiger partial charge in [0.2, 0.25) is 0 Å². The molecule has 108 valence electrons. The predicted octanol–water partition coefficient (Wildman–Crippen LogP) is 4.12. The largest absolute Gasteiger partial charge is 0.418 e. The van der Waals surface area contributed by atoms with Gasteiger partial charge < -0.3 is 5.32 Å². The zero-order valence-electron chi connectivity index (χ0n) is 10.9. The molecule has 0 saturated carbocycles. The zero-order valence-corrected chi connectivity index (χ0v) is 12.5. The van der Waals surface area contributed by atoms with Crippen LogP contribution in [0.5, 0.6) is 0 Å². The molecule has 3 nitrogen and oxygen atoms in total. The monoisotopic (exact) mass is 347 g/mol. The number of nitrogens with zero attached hydrogens (tertiary/aromatic N) is 2. The van der Waals surface area contributed by atoms with Crippen LogP contribution < -0.4 is 5.32 Å². The van der Waals surface area contributed by atoms with Gasteiger partial charge in [0.05, 0.1) is 11.3 Å². The van der Waals surface area contributed by atoms with Gasteiger partial charge in [-0.1, -0.05) is 15.9 Å². The fourth-order valence-electron chi connectivity index (χ4n) is 1.92. The van der Waals surface area contributed by atoms with Crippen LogP contribution in [0.1, 0.15) is 16.8 Å². The van der Waals surface area contributed by atoms with Crippen LogP contribution >= 0.6 is 15.9 Å². The van der Waals surface area contributed by atoms with Crippen LogP contribution in [0.2, 0.25) is 0 Å². The van der Waals surface area contributed by atoms with Gasteiger partial charge in [0.25, 0.3) is 0 Å². The molecule has 0 spiro atoms. The predicted molar refractivity (Wildman–Crippen MR) is 74.4 cm³/mol. The van der Waals surface area contributed by atoms with Crippen LogP contribution in [0.4, 0.5) is 18.9 Å². The lowest BCUT2D eigenvalue weighted by Crippen LogP contribution is -2.11. The van der Waals surface area contributed by atoms with E-state index in [2.05, 4.69) is 26.3 Å². The molecule has 0 unspecified atom stereocenters. The lowest BCUT2D eigenvalue weighted by Gasteiger charge is -2.14. The summed E-state index contributed by atoms with van der Waals surface area (Å²) >= 11 is 3.18. The Hall–Kier alpha value is -1.50. The molecule has 0 radical (unpaired) electrons. The van der Waals surface area contributed by atoms with E-state index in [1.807, 2.05) is 6.92 Å². The fraction of sp³-hybridized carbons (Fsp3) is 0.308. The number of nitrogens with one attached hydrogen (secondary N) is 1. The van der Waals surface area contributed by atoms with Crippen molar-refractivity contribution in [1.82, 2.24) is 9.78 Å². The molecule has 1 aromatic heterocycles. The van der Waals surface area contributed by atoms with Crippen molar-refractivity contribution >= 4 is 21.6 Å². The van der Waals surface area contributed by atoms with Gasteiger partial charge in [-0.25, -0.2) is 0 Å². The van der Waals surface area contributed by atoms with Gasteiger partial charge >= 0.3 is 6.18 Å². The van der Waals surface area contributed by atoms with Gasteiger partial charge in [0.1, 0.15) is 0 Å². The minimum Gasteiger partial charge on any atom is -0.380 e. The van der Waals surface area contributed by atoms with E-state index in [9.17, 15) is 13.2 Å². The Morgan fingerprint density at radius 1 is 1.35 bits per heavy atom. The molecule has 2 aromatic rings. The van der Waals surface area contributed by atoms with Crippen LogP contribution in [0.25, 0.3) is 0 Å². The van der Waals surface area contributed by atoms with Crippen molar-refractivity contribution in [2.75, 3.05) is 5.32 Å². The number of aryl methyl sites for hydroxylation is 2. The lowest BCUT2D eigenvalue weighted by molar-refractivity contribution is -0.137. The van der Waals surface area contributed by atoms with E-state index in [1.54, 1.807) is 17.9 Å². The molecule has 0 saturated heterocycles. The van der Waals surface area contributed by atoms with Crippen LogP contribution in [0.15, 0.2) is 28.9 Å². The summed E-state index contributed by atoms with van der Waals surface area (Å²) in [6.45, 7) is 2.11. The highest BCUT2D eigenvalue weighted by Gasteiger charge is 2.33. The highest BCUT2D eigenvalue weighted by molar-refractivity contribution is 9.10. The topological polar surface area (TPSA) is 29.9 Å². The molecule has 1 N–H and O–H groups in total. The number of anilines is 1. The summed E-state index contributed by atoms with van der Waals surface area (Å²) in [6, 6.07) is 3.86. The molecular weight excluding hydrogens is 335 g/mol. The van der Waals surface area contributed by atoms with Gasteiger partial charge in [-0.05, 0) is 25.1 Å². The van der Waals surface area contributed by atoms with E-state index in [1.165, 1.54) is 12.1 Å². The number of hydrogen-bond acceptors (Lipinski definition) is 2. The van der Waals surface area contributed by atoms with Gasteiger partial charge in [0.15, 0.2) is 0 Å². The Morgan fingerprint density at radius 2 is 2.05 bits per heavy atom. The van der Waals surface area contributed by atoms with E-state index in [0.29, 0.717) is 11.0 Å². The third kappa shape index (κ3) is 3.33. The van der Waals surface area contributed by atoms with Gasteiger partial charge in [-0.3, -0.25) is 4.68 Å². The van der Waals surface area contributed by atoms with Crippen molar-refractivity contribution in [2.24, 2.45) is 7.05 Å². The summed E-state index contributed by atoms with van der Waals surface area (Å²) in [5.74, 6) is 0. The molecule has 0 aliphatic carbocycles. The average molecular weight is 348 g/mol. The molecule has 2 rings (SSSR count). The Morgan fingerprint density at radius 3 is 2.60 bits per heavy atom. The van der Waals surface area contributed by atoms with Gasteiger partial charge in [0, 0.05) is 35.5 Å². The van der Waals surface area contributed by atoms with E-state index < -0.39 is 11.7 Å². The minimum atomic E-state index is -4.38. The number of alkyl halides is 3. The SMILES string of the molecule is Cc1nn(C)cc1CNc1cc(Br)ccc1C(F)(F)F. The molecule has 0 fully saturated rings. The Labute approximate surface area is 122 Å². The average Bonchev–Trinajstić information content (AvgIpc) is 2.63. The molecule has 7 heteroatoms.